The molecule has 0 aromatic heterocycles. The normalized spacial score (nSPS) is 12.5. The van der Waals surface area contributed by atoms with E-state index in [0.717, 1.165) is 83.5 Å². The first kappa shape index (κ1) is 72.8. The molecule has 0 rings (SSSR count). The molecule has 0 aliphatic carbocycles. The Bertz CT molecular complexity index is 1400. The number of carbonyl (C=O) groups is 3. The largest absolute Gasteiger partial charge is 0.462 e. The number of hydrogen-bond donors (Lipinski definition) is 0. The van der Waals surface area contributed by atoms with Gasteiger partial charge in [-0.15, -0.1) is 0 Å². The molecule has 6 nitrogen and oxygen atoms in total. The van der Waals surface area contributed by atoms with E-state index in [9.17, 15) is 14.4 Å². The molecule has 6 heteroatoms. The summed E-state index contributed by atoms with van der Waals surface area (Å²) in [4.78, 5) is 38.4. The molecule has 0 saturated carbocycles. The second-order valence-corrected chi connectivity index (χ2v) is 22.0. The number of allylic oxidation sites excluding steroid dienone is 12. The lowest BCUT2D eigenvalue weighted by Crippen LogP contribution is -2.30. The minimum Gasteiger partial charge on any atom is -0.462 e. The number of ether oxygens (including phenoxy) is 3. The van der Waals surface area contributed by atoms with E-state index in [4.69, 9.17) is 14.2 Å². The number of esters is 3. The van der Waals surface area contributed by atoms with Gasteiger partial charge in [-0.3, -0.25) is 14.4 Å². The predicted molar refractivity (Wildman–Crippen MR) is 330 cm³/mol. The van der Waals surface area contributed by atoms with Crippen LogP contribution in [0.15, 0.2) is 72.9 Å². The highest BCUT2D eigenvalue weighted by Crippen LogP contribution is 2.16. The Hall–Kier alpha value is -3.15. The van der Waals surface area contributed by atoms with Crippen molar-refractivity contribution in [1.82, 2.24) is 0 Å². The van der Waals surface area contributed by atoms with Crippen molar-refractivity contribution < 1.29 is 28.6 Å². The molecule has 0 aliphatic rings. The zero-order valence-electron chi connectivity index (χ0n) is 50.5. The van der Waals surface area contributed by atoms with Gasteiger partial charge in [0.15, 0.2) is 6.10 Å². The highest BCUT2D eigenvalue weighted by Gasteiger charge is 2.19. The van der Waals surface area contributed by atoms with Gasteiger partial charge >= 0.3 is 17.9 Å². The quantitative estimate of drug-likeness (QED) is 0.0261. The zero-order chi connectivity index (χ0) is 55.0. The predicted octanol–water partition coefficient (Wildman–Crippen LogP) is 22.5. The van der Waals surface area contributed by atoms with Crippen LogP contribution in [0.25, 0.3) is 0 Å². The van der Waals surface area contributed by atoms with E-state index in [1.165, 1.54) is 212 Å². The molecule has 0 aromatic rings. The molecule has 0 aromatic carbocycles. The number of hydrogen-bond acceptors (Lipinski definition) is 6. The highest BCUT2D eigenvalue weighted by molar-refractivity contribution is 5.71. The Balaban J connectivity index is 4.40. The topological polar surface area (TPSA) is 78.9 Å². The minimum atomic E-state index is -0.787. The lowest BCUT2D eigenvalue weighted by molar-refractivity contribution is -0.167. The molecule has 0 bridgehead atoms. The molecule has 440 valence electrons. The highest BCUT2D eigenvalue weighted by atomic mass is 16.6. The van der Waals surface area contributed by atoms with Crippen molar-refractivity contribution in [1.29, 1.82) is 0 Å². The molecule has 0 saturated heterocycles. The van der Waals surface area contributed by atoms with Gasteiger partial charge in [-0.1, -0.05) is 273 Å². The van der Waals surface area contributed by atoms with Gasteiger partial charge in [-0.2, -0.15) is 0 Å². The molecular formula is C70H124O6. The maximum atomic E-state index is 12.9. The molecule has 1 unspecified atom stereocenters. The van der Waals surface area contributed by atoms with Crippen LogP contribution in [0.2, 0.25) is 0 Å². The fourth-order valence-corrected chi connectivity index (χ4v) is 9.42. The zero-order valence-corrected chi connectivity index (χ0v) is 50.5. The van der Waals surface area contributed by atoms with Crippen LogP contribution in [-0.4, -0.2) is 37.2 Å². The Morgan fingerprint density at radius 2 is 0.474 bits per heavy atom. The maximum Gasteiger partial charge on any atom is 0.306 e. The first-order chi connectivity index (χ1) is 37.5. The van der Waals surface area contributed by atoms with Gasteiger partial charge < -0.3 is 14.2 Å². The van der Waals surface area contributed by atoms with Crippen LogP contribution in [0.3, 0.4) is 0 Å². The van der Waals surface area contributed by atoms with Crippen LogP contribution in [0.1, 0.15) is 335 Å². The van der Waals surface area contributed by atoms with Crippen LogP contribution < -0.4 is 0 Å². The third-order valence-corrected chi connectivity index (χ3v) is 14.4. The monoisotopic (exact) mass is 1060 g/mol. The molecule has 76 heavy (non-hydrogen) atoms. The fraction of sp³-hybridized carbons (Fsp3) is 0.786. The molecule has 0 spiro atoms. The van der Waals surface area contributed by atoms with Crippen molar-refractivity contribution in [3.63, 3.8) is 0 Å². The van der Waals surface area contributed by atoms with Crippen LogP contribution in [-0.2, 0) is 28.6 Å². The number of rotatable bonds is 60. The van der Waals surface area contributed by atoms with Gasteiger partial charge in [-0.05, 0) is 116 Å². The van der Waals surface area contributed by atoms with E-state index >= 15 is 0 Å². The first-order valence-corrected chi connectivity index (χ1v) is 32.9. The standard InChI is InChI=1S/C70H124O6/c1-4-7-10-13-16-19-22-25-28-31-34-35-37-39-42-45-48-51-54-57-60-63-69(72)75-66-67(65-74-68(71)62-59-56-53-50-47-44-41-38-33-30-27-24-21-18-15-12-9-6-3)76-70(73)64-61-58-55-52-49-46-43-40-36-32-29-26-23-20-17-14-11-8-5-2/h17,20,22,25-26,29-31,33-34,37,39,67H,4-16,18-19,21,23-24,27-28,32,35-36,38,40-66H2,1-3H3/b20-17-,25-22-,29-26-,33-30-,34-31-,39-37-. The number of unbranched alkanes of at least 4 members (excludes halogenated alkanes) is 37. The van der Waals surface area contributed by atoms with Gasteiger partial charge in [0, 0.05) is 19.3 Å². The molecule has 0 amide bonds. The summed E-state index contributed by atoms with van der Waals surface area (Å²) in [6.07, 6.45) is 83.3. The van der Waals surface area contributed by atoms with E-state index in [1.807, 2.05) is 0 Å². The summed E-state index contributed by atoms with van der Waals surface area (Å²) in [6, 6.07) is 0. The molecule has 1 atom stereocenters. The second-order valence-electron chi connectivity index (χ2n) is 22.0. The van der Waals surface area contributed by atoms with E-state index < -0.39 is 6.10 Å². The summed E-state index contributed by atoms with van der Waals surface area (Å²) < 4.78 is 17.0. The van der Waals surface area contributed by atoms with Gasteiger partial charge in [0.25, 0.3) is 0 Å². The number of carbonyl (C=O) groups excluding carboxylic acids is 3. The first-order valence-electron chi connectivity index (χ1n) is 32.9. The van der Waals surface area contributed by atoms with E-state index in [-0.39, 0.29) is 31.1 Å². The average Bonchev–Trinajstić information content (AvgIpc) is 3.42. The smallest absolute Gasteiger partial charge is 0.306 e. The van der Waals surface area contributed by atoms with Crippen LogP contribution in [0.4, 0.5) is 0 Å². The Labute approximate surface area is 472 Å². The van der Waals surface area contributed by atoms with Crippen molar-refractivity contribution in [2.24, 2.45) is 0 Å². The molecule has 0 fully saturated rings. The summed E-state index contributed by atoms with van der Waals surface area (Å²) in [5.74, 6) is -0.887. The maximum absolute atomic E-state index is 12.9. The summed E-state index contributed by atoms with van der Waals surface area (Å²) in [5.41, 5.74) is 0. The summed E-state index contributed by atoms with van der Waals surface area (Å²) >= 11 is 0. The lowest BCUT2D eigenvalue weighted by Gasteiger charge is -2.18. The Morgan fingerprint density at radius 1 is 0.263 bits per heavy atom. The SMILES string of the molecule is CCCCC/C=C\C/C=C\CCCCCCCCCCCC(=O)OC(COC(=O)CCCCCCCC/C=C\C/C=C\C/C=C\CCCCCCC)COC(=O)CCCCCCCCC/C=C\CCCCCCCCC. The Kier molecular flexibility index (Phi) is 61.7. The second kappa shape index (κ2) is 64.4. The van der Waals surface area contributed by atoms with Gasteiger partial charge in [0.05, 0.1) is 0 Å². The third kappa shape index (κ3) is 61.7. The van der Waals surface area contributed by atoms with E-state index in [1.54, 1.807) is 0 Å². The van der Waals surface area contributed by atoms with Crippen molar-refractivity contribution in [3.05, 3.63) is 72.9 Å². The summed E-state index contributed by atoms with van der Waals surface area (Å²) in [7, 11) is 0. The molecule has 0 heterocycles. The lowest BCUT2D eigenvalue weighted by atomic mass is 10.1. The van der Waals surface area contributed by atoms with Gasteiger partial charge in [-0.25, -0.2) is 0 Å². The van der Waals surface area contributed by atoms with Crippen LogP contribution in [0, 0.1) is 0 Å². The summed E-state index contributed by atoms with van der Waals surface area (Å²) in [6.45, 7) is 6.63. The van der Waals surface area contributed by atoms with Crippen LogP contribution in [0.5, 0.6) is 0 Å². The van der Waals surface area contributed by atoms with Gasteiger partial charge in [0.1, 0.15) is 13.2 Å². The van der Waals surface area contributed by atoms with Crippen LogP contribution >= 0.6 is 0 Å². The van der Waals surface area contributed by atoms with E-state index in [0.29, 0.717) is 19.3 Å². The minimum absolute atomic E-state index is 0.0823. The summed E-state index contributed by atoms with van der Waals surface area (Å²) in [5, 5.41) is 0. The fourth-order valence-electron chi connectivity index (χ4n) is 9.42. The Morgan fingerprint density at radius 3 is 0.776 bits per heavy atom. The molecule has 0 N–H and O–H groups in total. The van der Waals surface area contributed by atoms with Gasteiger partial charge in [0.2, 0.25) is 0 Å². The van der Waals surface area contributed by atoms with E-state index in [2.05, 4.69) is 93.7 Å². The average molecular weight is 1060 g/mol. The molecular weight excluding hydrogens is 937 g/mol. The van der Waals surface area contributed by atoms with Crippen molar-refractivity contribution in [2.75, 3.05) is 13.2 Å². The van der Waals surface area contributed by atoms with Crippen molar-refractivity contribution in [3.8, 4) is 0 Å². The molecule has 0 radical (unpaired) electrons. The van der Waals surface area contributed by atoms with Crippen molar-refractivity contribution in [2.45, 2.75) is 341 Å². The molecule has 0 aliphatic heterocycles. The third-order valence-electron chi connectivity index (χ3n) is 14.4. The van der Waals surface area contributed by atoms with Crippen molar-refractivity contribution >= 4 is 17.9 Å².